The Morgan fingerprint density at radius 1 is 1.26 bits per heavy atom. The molecule has 1 rings (SSSR count). The highest BCUT2D eigenvalue weighted by Gasteiger charge is 2.19. The molecule has 0 unspecified atom stereocenters. The van der Waals surface area contributed by atoms with Crippen LogP contribution in [0.15, 0.2) is 18.3 Å². The van der Waals surface area contributed by atoms with Gasteiger partial charge in [0.05, 0.1) is 5.60 Å². The molecule has 0 aliphatic carbocycles. The molecule has 0 radical (unpaired) electrons. The van der Waals surface area contributed by atoms with Crippen molar-refractivity contribution in [2.24, 2.45) is 0 Å². The number of aliphatic hydroxyl groups is 1. The van der Waals surface area contributed by atoms with Crippen molar-refractivity contribution >= 4 is 5.82 Å². The van der Waals surface area contributed by atoms with E-state index in [0.717, 1.165) is 17.9 Å². The van der Waals surface area contributed by atoms with Crippen LogP contribution in [0.1, 0.15) is 40.2 Å². The van der Waals surface area contributed by atoms with Gasteiger partial charge in [-0.25, -0.2) is 4.98 Å². The summed E-state index contributed by atoms with van der Waals surface area (Å²) in [5.41, 5.74) is 0.479. The standard InChI is InChI=1S/C15H27N3O/c1-14(2,3)17-10-12-8-7-9-16-13(12)18(6)11-15(4,5)19/h7-9,17,19H,10-11H2,1-6H3. The van der Waals surface area contributed by atoms with E-state index >= 15 is 0 Å². The molecule has 0 saturated carbocycles. The minimum Gasteiger partial charge on any atom is -0.389 e. The third kappa shape index (κ3) is 6.03. The lowest BCUT2D eigenvalue weighted by Gasteiger charge is -2.29. The fraction of sp³-hybridized carbons (Fsp3) is 0.667. The summed E-state index contributed by atoms with van der Waals surface area (Å²) in [5.74, 6) is 0.918. The topological polar surface area (TPSA) is 48.4 Å². The average molecular weight is 265 g/mol. The molecule has 0 bridgehead atoms. The highest BCUT2D eigenvalue weighted by Crippen LogP contribution is 2.18. The minimum absolute atomic E-state index is 0.0714. The van der Waals surface area contributed by atoms with E-state index in [-0.39, 0.29) is 5.54 Å². The van der Waals surface area contributed by atoms with Crippen LogP contribution >= 0.6 is 0 Å². The molecule has 0 spiro atoms. The van der Waals surface area contributed by atoms with Gasteiger partial charge in [0, 0.05) is 37.4 Å². The summed E-state index contributed by atoms with van der Waals surface area (Å²) in [7, 11) is 1.96. The van der Waals surface area contributed by atoms with E-state index in [2.05, 4.69) is 37.1 Å². The van der Waals surface area contributed by atoms with Crippen molar-refractivity contribution in [2.45, 2.75) is 52.3 Å². The Kier molecular flexibility index (Phi) is 4.93. The van der Waals surface area contributed by atoms with Gasteiger partial charge in [-0.1, -0.05) is 6.07 Å². The summed E-state index contributed by atoms with van der Waals surface area (Å²) < 4.78 is 0. The van der Waals surface area contributed by atoms with Gasteiger partial charge in [-0.3, -0.25) is 0 Å². The predicted octanol–water partition coefficient (Wildman–Crippen LogP) is 2.18. The van der Waals surface area contributed by atoms with E-state index < -0.39 is 5.60 Å². The van der Waals surface area contributed by atoms with Crippen LogP contribution < -0.4 is 10.2 Å². The van der Waals surface area contributed by atoms with Crippen LogP contribution in [-0.4, -0.2) is 34.8 Å². The van der Waals surface area contributed by atoms with Crippen LogP contribution in [0.4, 0.5) is 5.82 Å². The van der Waals surface area contributed by atoms with Gasteiger partial charge in [0.1, 0.15) is 5.82 Å². The molecule has 0 aliphatic rings. The number of likely N-dealkylation sites (N-methyl/N-ethyl adjacent to an activating group) is 1. The Hall–Kier alpha value is -1.13. The molecular weight excluding hydrogens is 238 g/mol. The Morgan fingerprint density at radius 3 is 2.42 bits per heavy atom. The van der Waals surface area contributed by atoms with Crippen molar-refractivity contribution in [3.05, 3.63) is 23.9 Å². The van der Waals surface area contributed by atoms with E-state index in [1.807, 2.05) is 18.0 Å². The van der Waals surface area contributed by atoms with Gasteiger partial charge in [-0.2, -0.15) is 0 Å². The van der Waals surface area contributed by atoms with Crippen LogP contribution in [0, 0.1) is 0 Å². The number of pyridine rings is 1. The second kappa shape index (κ2) is 5.88. The van der Waals surface area contributed by atoms with Crippen molar-refractivity contribution < 1.29 is 5.11 Å². The van der Waals surface area contributed by atoms with E-state index in [1.165, 1.54) is 0 Å². The Morgan fingerprint density at radius 2 is 1.89 bits per heavy atom. The summed E-state index contributed by atoms with van der Waals surface area (Å²) in [5, 5.41) is 13.4. The Balaban J connectivity index is 2.83. The van der Waals surface area contributed by atoms with Crippen LogP contribution in [0.3, 0.4) is 0 Å². The second-order valence-corrected chi connectivity index (χ2v) is 6.76. The number of rotatable bonds is 5. The van der Waals surface area contributed by atoms with Crippen molar-refractivity contribution in [1.29, 1.82) is 0 Å². The summed E-state index contributed by atoms with van der Waals surface area (Å²) in [4.78, 5) is 6.44. The fourth-order valence-electron chi connectivity index (χ4n) is 1.93. The highest BCUT2D eigenvalue weighted by molar-refractivity contribution is 5.46. The van der Waals surface area contributed by atoms with Gasteiger partial charge < -0.3 is 15.3 Å². The summed E-state index contributed by atoms with van der Waals surface area (Å²) >= 11 is 0. The average Bonchev–Trinajstić information content (AvgIpc) is 2.23. The highest BCUT2D eigenvalue weighted by atomic mass is 16.3. The molecule has 0 aromatic carbocycles. The van der Waals surface area contributed by atoms with Crippen molar-refractivity contribution in [3.8, 4) is 0 Å². The Bertz CT molecular complexity index is 405. The maximum Gasteiger partial charge on any atom is 0.132 e. The van der Waals surface area contributed by atoms with Crippen LogP contribution in [0.2, 0.25) is 0 Å². The third-order valence-corrected chi connectivity index (χ3v) is 2.66. The quantitative estimate of drug-likeness (QED) is 0.856. The third-order valence-electron chi connectivity index (χ3n) is 2.66. The molecule has 1 heterocycles. The largest absolute Gasteiger partial charge is 0.389 e. The number of anilines is 1. The number of nitrogens with one attached hydrogen (secondary N) is 1. The number of hydrogen-bond donors (Lipinski definition) is 2. The van der Waals surface area contributed by atoms with E-state index in [9.17, 15) is 5.11 Å². The fourth-order valence-corrected chi connectivity index (χ4v) is 1.93. The molecule has 0 amide bonds. The monoisotopic (exact) mass is 265 g/mol. The normalized spacial score (nSPS) is 12.6. The zero-order chi connectivity index (χ0) is 14.7. The molecule has 0 fully saturated rings. The first-order valence-electron chi connectivity index (χ1n) is 6.71. The Labute approximate surface area is 116 Å². The molecule has 1 aromatic heterocycles. The molecule has 19 heavy (non-hydrogen) atoms. The van der Waals surface area contributed by atoms with Crippen molar-refractivity contribution in [2.75, 3.05) is 18.5 Å². The van der Waals surface area contributed by atoms with Gasteiger partial charge in [0.2, 0.25) is 0 Å². The van der Waals surface area contributed by atoms with E-state index in [1.54, 1.807) is 20.0 Å². The SMILES string of the molecule is CN(CC(C)(C)O)c1ncccc1CNC(C)(C)C. The molecule has 4 heteroatoms. The lowest BCUT2D eigenvalue weighted by Crippen LogP contribution is -2.38. The molecular formula is C15H27N3O. The maximum absolute atomic E-state index is 9.91. The summed E-state index contributed by atoms with van der Waals surface area (Å²) in [6.07, 6.45) is 1.79. The molecule has 108 valence electrons. The molecule has 1 aromatic rings. The van der Waals surface area contributed by atoms with Gasteiger partial charge >= 0.3 is 0 Å². The van der Waals surface area contributed by atoms with E-state index in [4.69, 9.17) is 0 Å². The number of hydrogen-bond acceptors (Lipinski definition) is 4. The predicted molar refractivity (Wildman–Crippen MR) is 80.4 cm³/mol. The molecule has 4 nitrogen and oxygen atoms in total. The van der Waals surface area contributed by atoms with Gasteiger partial charge in [0.15, 0.2) is 0 Å². The lowest BCUT2D eigenvalue weighted by molar-refractivity contribution is 0.0884. The van der Waals surface area contributed by atoms with Gasteiger partial charge in [-0.05, 0) is 40.7 Å². The molecule has 0 atom stereocenters. The summed E-state index contributed by atoms with van der Waals surface area (Å²) in [6, 6.07) is 4.02. The summed E-state index contributed by atoms with van der Waals surface area (Å²) in [6.45, 7) is 11.4. The number of nitrogens with zero attached hydrogens (tertiary/aromatic N) is 2. The van der Waals surface area contributed by atoms with Crippen molar-refractivity contribution in [3.63, 3.8) is 0 Å². The molecule has 0 aliphatic heterocycles. The van der Waals surface area contributed by atoms with Crippen molar-refractivity contribution in [1.82, 2.24) is 10.3 Å². The lowest BCUT2D eigenvalue weighted by atomic mass is 10.1. The zero-order valence-electron chi connectivity index (χ0n) is 13.0. The zero-order valence-corrected chi connectivity index (χ0v) is 13.0. The van der Waals surface area contributed by atoms with E-state index in [0.29, 0.717) is 6.54 Å². The first-order valence-corrected chi connectivity index (χ1v) is 6.71. The van der Waals surface area contributed by atoms with Crippen LogP contribution in [0.25, 0.3) is 0 Å². The molecule has 2 N–H and O–H groups in total. The van der Waals surface area contributed by atoms with Gasteiger partial charge in [-0.15, -0.1) is 0 Å². The van der Waals surface area contributed by atoms with Crippen LogP contribution in [-0.2, 0) is 6.54 Å². The first kappa shape index (κ1) is 15.9. The minimum atomic E-state index is -0.735. The number of aromatic nitrogens is 1. The molecule has 0 saturated heterocycles. The first-order chi connectivity index (χ1) is 8.58. The van der Waals surface area contributed by atoms with Crippen LogP contribution in [0.5, 0.6) is 0 Å². The van der Waals surface area contributed by atoms with Gasteiger partial charge in [0.25, 0.3) is 0 Å². The second-order valence-electron chi connectivity index (χ2n) is 6.76. The maximum atomic E-state index is 9.91. The smallest absolute Gasteiger partial charge is 0.132 e.